The summed E-state index contributed by atoms with van der Waals surface area (Å²) < 4.78 is 26.9. The smallest absolute Gasteiger partial charge is 0.245 e. The van der Waals surface area contributed by atoms with Crippen molar-refractivity contribution < 1.29 is 13.5 Å². The summed E-state index contributed by atoms with van der Waals surface area (Å²) in [5.74, 6) is 0. The van der Waals surface area contributed by atoms with E-state index in [9.17, 15) is 8.42 Å². The standard InChI is InChI=1S/C13H19N3O3S/c1-10(2)16(7-4-8-17)20(18,19)12-9-15-13-11(12)5-3-6-14-13/h3,5-6,9-10,17H,4,7-8H2,1-2H3,(H,14,15). The number of hydrogen-bond acceptors (Lipinski definition) is 4. The van der Waals surface area contributed by atoms with Crippen LogP contribution in [0.25, 0.3) is 11.0 Å². The fraction of sp³-hybridized carbons (Fsp3) is 0.462. The molecular formula is C13H19N3O3S. The Morgan fingerprint density at radius 1 is 1.45 bits per heavy atom. The van der Waals surface area contributed by atoms with Crippen LogP contribution in [0, 0.1) is 0 Å². The van der Waals surface area contributed by atoms with Crippen molar-refractivity contribution in [3.05, 3.63) is 24.5 Å². The van der Waals surface area contributed by atoms with Crippen LogP contribution in [0.2, 0.25) is 0 Å². The van der Waals surface area contributed by atoms with Gasteiger partial charge in [-0.15, -0.1) is 0 Å². The Hall–Kier alpha value is -1.44. The van der Waals surface area contributed by atoms with Crippen LogP contribution in [-0.4, -0.2) is 47.0 Å². The van der Waals surface area contributed by atoms with Gasteiger partial charge in [0.2, 0.25) is 10.0 Å². The molecule has 2 aromatic rings. The van der Waals surface area contributed by atoms with E-state index in [1.807, 2.05) is 13.8 Å². The van der Waals surface area contributed by atoms with Gasteiger partial charge in [-0.3, -0.25) is 0 Å². The molecule has 2 heterocycles. The van der Waals surface area contributed by atoms with E-state index in [4.69, 9.17) is 5.11 Å². The first-order valence-electron chi connectivity index (χ1n) is 6.53. The fourth-order valence-corrected chi connectivity index (χ4v) is 3.98. The van der Waals surface area contributed by atoms with Crippen LogP contribution in [-0.2, 0) is 10.0 Å². The van der Waals surface area contributed by atoms with E-state index in [1.54, 1.807) is 18.3 Å². The van der Waals surface area contributed by atoms with E-state index in [-0.39, 0.29) is 17.5 Å². The number of nitrogens with one attached hydrogen (secondary N) is 1. The second-order valence-electron chi connectivity index (χ2n) is 4.84. The summed E-state index contributed by atoms with van der Waals surface area (Å²) in [5.41, 5.74) is 0.553. The maximum atomic E-state index is 12.8. The quantitative estimate of drug-likeness (QED) is 0.842. The summed E-state index contributed by atoms with van der Waals surface area (Å²) in [7, 11) is -3.60. The van der Waals surface area contributed by atoms with Crippen LogP contribution in [0.1, 0.15) is 20.3 Å². The number of nitrogens with zero attached hydrogens (tertiary/aromatic N) is 2. The van der Waals surface area contributed by atoms with Gasteiger partial charge in [0.05, 0.1) is 0 Å². The number of sulfonamides is 1. The third-order valence-corrected chi connectivity index (χ3v) is 5.23. The highest BCUT2D eigenvalue weighted by Gasteiger charge is 2.29. The molecule has 0 unspecified atom stereocenters. The summed E-state index contributed by atoms with van der Waals surface area (Å²) in [6.45, 7) is 3.90. The van der Waals surface area contributed by atoms with Gasteiger partial charge in [-0.1, -0.05) is 0 Å². The molecule has 2 rings (SSSR count). The summed E-state index contributed by atoms with van der Waals surface area (Å²) in [6, 6.07) is 3.27. The summed E-state index contributed by atoms with van der Waals surface area (Å²) in [6.07, 6.45) is 3.50. The molecule has 7 heteroatoms. The Balaban J connectivity index is 2.47. The number of hydrogen-bond donors (Lipinski definition) is 2. The van der Waals surface area contributed by atoms with E-state index >= 15 is 0 Å². The number of fused-ring (bicyclic) bond motifs is 1. The van der Waals surface area contributed by atoms with E-state index < -0.39 is 10.0 Å². The molecule has 110 valence electrons. The lowest BCUT2D eigenvalue weighted by molar-refractivity contribution is 0.258. The molecule has 0 fully saturated rings. The number of H-pyrrole nitrogens is 1. The van der Waals surface area contributed by atoms with Gasteiger partial charge in [0, 0.05) is 37.0 Å². The number of aromatic amines is 1. The molecule has 0 bridgehead atoms. The van der Waals surface area contributed by atoms with Gasteiger partial charge in [-0.25, -0.2) is 13.4 Å². The fourth-order valence-electron chi connectivity index (χ4n) is 2.15. The number of aliphatic hydroxyl groups is 1. The highest BCUT2D eigenvalue weighted by Crippen LogP contribution is 2.25. The highest BCUT2D eigenvalue weighted by molar-refractivity contribution is 7.89. The molecule has 0 aliphatic rings. The zero-order chi connectivity index (χ0) is 14.8. The van der Waals surface area contributed by atoms with Gasteiger partial charge in [-0.05, 0) is 32.4 Å². The number of aromatic nitrogens is 2. The van der Waals surface area contributed by atoms with Crippen molar-refractivity contribution in [1.29, 1.82) is 0 Å². The predicted molar refractivity (Wildman–Crippen MR) is 76.8 cm³/mol. The van der Waals surface area contributed by atoms with Gasteiger partial charge < -0.3 is 10.1 Å². The lowest BCUT2D eigenvalue weighted by atomic mass is 10.3. The molecule has 0 aliphatic carbocycles. The van der Waals surface area contributed by atoms with Crippen molar-refractivity contribution in [2.45, 2.75) is 31.2 Å². The molecule has 2 aromatic heterocycles. The zero-order valence-corrected chi connectivity index (χ0v) is 12.4. The third kappa shape index (κ3) is 2.70. The van der Waals surface area contributed by atoms with Gasteiger partial charge in [0.1, 0.15) is 10.5 Å². The van der Waals surface area contributed by atoms with E-state index in [1.165, 1.54) is 10.5 Å². The van der Waals surface area contributed by atoms with Crippen LogP contribution in [0.3, 0.4) is 0 Å². The minimum atomic E-state index is -3.60. The van der Waals surface area contributed by atoms with Crippen molar-refractivity contribution >= 4 is 21.1 Å². The Morgan fingerprint density at radius 2 is 2.20 bits per heavy atom. The predicted octanol–water partition coefficient (Wildman–Crippen LogP) is 1.34. The monoisotopic (exact) mass is 297 g/mol. The Labute approximate surface area is 118 Å². The molecule has 6 nitrogen and oxygen atoms in total. The first kappa shape index (κ1) is 15.0. The molecule has 20 heavy (non-hydrogen) atoms. The zero-order valence-electron chi connectivity index (χ0n) is 11.6. The van der Waals surface area contributed by atoms with Gasteiger partial charge in [0.15, 0.2) is 0 Å². The number of rotatable bonds is 6. The maximum absolute atomic E-state index is 12.8. The van der Waals surface area contributed by atoms with Gasteiger partial charge in [0.25, 0.3) is 0 Å². The summed E-state index contributed by atoms with van der Waals surface area (Å²) in [4.78, 5) is 7.21. The number of aliphatic hydroxyl groups excluding tert-OH is 1. The molecule has 0 aromatic carbocycles. The molecule has 0 saturated heterocycles. The topological polar surface area (TPSA) is 86.3 Å². The van der Waals surface area contributed by atoms with Crippen molar-refractivity contribution in [1.82, 2.24) is 14.3 Å². The average molecular weight is 297 g/mol. The average Bonchev–Trinajstić information content (AvgIpc) is 2.83. The maximum Gasteiger partial charge on any atom is 0.245 e. The lowest BCUT2D eigenvalue weighted by Crippen LogP contribution is -2.37. The van der Waals surface area contributed by atoms with Crippen LogP contribution in [0.5, 0.6) is 0 Å². The Kier molecular flexibility index (Phi) is 4.42. The molecule has 2 N–H and O–H groups in total. The van der Waals surface area contributed by atoms with Crippen molar-refractivity contribution in [3.63, 3.8) is 0 Å². The van der Waals surface area contributed by atoms with Crippen molar-refractivity contribution in [3.8, 4) is 0 Å². The molecule has 0 radical (unpaired) electrons. The second-order valence-corrected chi connectivity index (χ2v) is 6.70. The van der Waals surface area contributed by atoms with Crippen LogP contribution < -0.4 is 0 Å². The molecule has 0 spiro atoms. The van der Waals surface area contributed by atoms with E-state index in [2.05, 4.69) is 9.97 Å². The van der Waals surface area contributed by atoms with Crippen LogP contribution >= 0.6 is 0 Å². The molecule has 0 aliphatic heterocycles. The molecule has 0 atom stereocenters. The molecule has 0 saturated carbocycles. The highest BCUT2D eigenvalue weighted by atomic mass is 32.2. The minimum Gasteiger partial charge on any atom is -0.396 e. The van der Waals surface area contributed by atoms with Crippen LogP contribution in [0.4, 0.5) is 0 Å². The normalized spacial score (nSPS) is 12.7. The largest absolute Gasteiger partial charge is 0.396 e. The van der Waals surface area contributed by atoms with Crippen molar-refractivity contribution in [2.75, 3.05) is 13.2 Å². The lowest BCUT2D eigenvalue weighted by Gasteiger charge is -2.25. The minimum absolute atomic E-state index is 0.0336. The molecule has 0 amide bonds. The summed E-state index contributed by atoms with van der Waals surface area (Å²) in [5, 5.41) is 9.51. The SMILES string of the molecule is CC(C)N(CCCO)S(=O)(=O)c1c[nH]c2ncccc12. The molecular weight excluding hydrogens is 278 g/mol. The van der Waals surface area contributed by atoms with Gasteiger partial charge in [-0.2, -0.15) is 4.31 Å². The summed E-state index contributed by atoms with van der Waals surface area (Å²) >= 11 is 0. The Morgan fingerprint density at radius 3 is 2.85 bits per heavy atom. The third-order valence-electron chi connectivity index (χ3n) is 3.11. The second kappa shape index (κ2) is 5.90. The first-order chi connectivity index (χ1) is 9.48. The van der Waals surface area contributed by atoms with E-state index in [0.29, 0.717) is 24.0 Å². The van der Waals surface area contributed by atoms with E-state index in [0.717, 1.165) is 0 Å². The Bertz CT molecular complexity index is 679. The first-order valence-corrected chi connectivity index (χ1v) is 7.97. The van der Waals surface area contributed by atoms with Crippen LogP contribution in [0.15, 0.2) is 29.4 Å². The van der Waals surface area contributed by atoms with Gasteiger partial charge >= 0.3 is 0 Å². The number of pyridine rings is 1. The van der Waals surface area contributed by atoms with Crippen molar-refractivity contribution in [2.24, 2.45) is 0 Å².